The van der Waals surface area contributed by atoms with Gasteiger partial charge in [0.15, 0.2) is 17.3 Å². The van der Waals surface area contributed by atoms with Crippen LogP contribution in [0.2, 0.25) is 0 Å². The molecule has 1 saturated heterocycles. The summed E-state index contributed by atoms with van der Waals surface area (Å²) in [5.74, 6) is 3.95. The highest BCUT2D eigenvalue weighted by Crippen LogP contribution is 2.36. The summed E-state index contributed by atoms with van der Waals surface area (Å²) in [5, 5.41) is 15.0. The smallest absolute Gasteiger partial charge is 0.163 e. The van der Waals surface area contributed by atoms with Gasteiger partial charge in [-0.3, -0.25) is 5.10 Å². The van der Waals surface area contributed by atoms with Crippen LogP contribution in [-0.4, -0.2) is 53.6 Å². The highest BCUT2D eigenvalue weighted by atomic mass is 16.5. The van der Waals surface area contributed by atoms with Gasteiger partial charge in [0.25, 0.3) is 0 Å². The fourth-order valence-electron chi connectivity index (χ4n) is 4.45. The second kappa shape index (κ2) is 10.2. The number of methoxy groups -OCH3 is 2. The van der Waals surface area contributed by atoms with E-state index in [1.54, 1.807) is 14.2 Å². The van der Waals surface area contributed by atoms with Crippen LogP contribution in [0, 0.1) is 5.92 Å². The first-order valence-electron chi connectivity index (χ1n) is 11.8. The zero-order chi connectivity index (χ0) is 24.2. The number of benzene rings is 2. The Morgan fingerprint density at radius 2 is 1.77 bits per heavy atom. The molecule has 1 aliphatic rings. The fraction of sp³-hybridized carbons (Fsp3) is 0.346. The van der Waals surface area contributed by atoms with Crippen molar-refractivity contribution in [3.8, 4) is 28.5 Å². The van der Waals surface area contributed by atoms with Gasteiger partial charge in [0.2, 0.25) is 0 Å². The first-order valence-corrected chi connectivity index (χ1v) is 11.8. The van der Waals surface area contributed by atoms with Crippen molar-refractivity contribution < 1.29 is 14.2 Å². The maximum atomic E-state index is 6.35. The topological polar surface area (TPSA) is 106 Å². The summed E-state index contributed by atoms with van der Waals surface area (Å²) < 4.78 is 17.3. The number of hydrogen-bond acceptors (Lipinski definition) is 8. The molecule has 2 aromatic heterocycles. The van der Waals surface area contributed by atoms with Crippen molar-refractivity contribution in [2.24, 2.45) is 5.92 Å². The van der Waals surface area contributed by atoms with Crippen LogP contribution in [0.4, 0.5) is 11.6 Å². The Labute approximate surface area is 204 Å². The lowest BCUT2D eigenvalue weighted by atomic mass is 9.93. The normalized spacial score (nSPS) is 15.1. The van der Waals surface area contributed by atoms with E-state index in [4.69, 9.17) is 14.2 Å². The van der Waals surface area contributed by atoms with E-state index < -0.39 is 0 Å². The van der Waals surface area contributed by atoms with Crippen LogP contribution < -0.4 is 24.8 Å². The molecule has 1 fully saturated rings. The molecule has 9 nitrogen and oxygen atoms in total. The zero-order valence-corrected chi connectivity index (χ0v) is 20.2. The summed E-state index contributed by atoms with van der Waals surface area (Å²) in [6.07, 6.45) is 3.84. The molecule has 2 aromatic carbocycles. The number of rotatable bonds is 8. The molecule has 35 heavy (non-hydrogen) atoms. The van der Waals surface area contributed by atoms with Gasteiger partial charge in [-0.1, -0.05) is 0 Å². The fourth-order valence-corrected chi connectivity index (χ4v) is 4.45. The maximum Gasteiger partial charge on any atom is 0.163 e. The number of piperidine rings is 1. The van der Waals surface area contributed by atoms with Gasteiger partial charge in [0.05, 0.1) is 31.5 Å². The Balaban J connectivity index is 1.38. The van der Waals surface area contributed by atoms with E-state index in [1.165, 1.54) is 6.33 Å². The number of fused-ring (bicyclic) bond motifs is 1. The lowest BCUT2D eigenvalue weighted by Gasteiger charge is -2.29. The monoisotopic (exact) mass is 474 g/mol. The van der Waals surface area contributed by atoms with E-state index in [1.807, 2.05) is 42.5 Å². The minimum absolute atomic E-state index is 0.0864. The van der Waals surface area contributed by atoms with E-state index in [9.17, 15) is 0 Å². The van der Waals surface area contributed by atoms with E-state index in [0.29, 0.717) is 29.1 Å². The van der Waals surface area contributed by atoms with Crippen LogP contribution in [-0.2, 0) is 0 Å². The third kappa shape index (κ3) is 5.00. The minimum atomic E-state index is 0.0864. The number of aromatic nitrogens is 4. The average molecular weight is 475 g/mol. The largest absolute Gasteiger partial charge is 0.497 e. The highest BCUT2D eigenvalue weighted by Gasteiger charge is 2.23. The molecule has 5 rings (SSSR count). The number of hydrogen-bond donors (Lipinski definition) is 3. The molecule has 0 radical (unpaired) electrons. The minimum Gasteiger partial charge on any atom is -0.497 e. The van der Waals surface area contributed by atoms with Gasteiger partial charge in [-0.05, 0) is 74.7 Å². The Bertz CT molecular complexity index is 1280. The summed E-state index contributed by atoms with van der Waals surface area (Å²) in [6.45, 7) is 4.19. The average Bonchev–Trinajstić information content (AvgIpc) is 3.37. The molecule has 3 heterocycles. The van der Waals surface area contributed by atoms with Crippen molar-refractivity contribution in [3.05, 3.63) is 48.8 Å². The SMILES string of the molecule is COc1ccc(-c2cc(Nc3ncnc4cc(OC(C)C5CCNCC5)c(OC)cc34)n[nH]2)cc1. The number of anilines is 2. The Morgan fingerprint density at radius 3 is 2.51 bits per heavy atom. The Morgan fingerprint density at radius 1 is 0.971 bits per heavy atom. The van der Waals surface area contributed by atoms with Crippen LogP contribution in [0.5, 0.6) is 17.2 Å². The summed E-state index contributed by atoms with van der Waals surface area (Å²) in [6, 6.07) is 13.6. The van der Waals surface area contributed by atoms with Crippen molar-refractivity contribution in [2.45, 2.75) is 25.9 Å². The maximum absolute atomic E-state index is 6.35. The zero-order valence-electron chi connectivity index (χ0n) is 20.2. The summed E-state index contributed by atoms with van der Waals surface area (Å²) in [7, 11) is 3.30. The van der Waals surface area contributed by atoms with Crippen LogP contribution in [0.1, 0.15) is 19.8 Å². The quantitative estimate of drug-likeness (QED) is 0.342. The molecule has 0 bridgehead atoms. The highest BCUT2D eigenvalue weighted by molar-refractivity contribution is 5.93. The molecule has 3 N–H and O–H groups in total. The summed E-state index contributed by atoms with van der Waals surface area (Å²) >= 11 is 0. The van der Waals surface area contributed by atoms with Crippen LogP contribution in [0.25, 0.3) is 22.2 Å². The first-order chi connectivity index (χ1) is 17.1. The number of nitrogens with zero attached hydrogens (tertiary/aromatic N) is 3. The van der Waals surface area contributed by atoms with Crippen LogP contribution in [0.15, 0.2) is 48.8 Å². The van der Waals surface area contributed by atoms with Crippen molar-refractivity contribution in [2.75, 3.05) is 32.6 Å². The van der Waals surface area contributed by atoms with Crippen LogP contribution >= 0.6 is 0 Å². The molecule has 1 unspecified atom stereocenters. The second-order valence-corrected chi connectivity index (χ2v) is 8.67. The Hall–Kier alpha value is -3.85. The van der Waals surface area contributed by atoms with E-state index >= 15 is 0 Å². The number of ether oxygens (including phenoxy) is 3. The molecule has 1 atom stereocenters. The summed E-state index contributed by atoms with van der Waals surface area (Å²) in [4.78, 5) is 8.92. The number of nitrogens with one attached hydrogen (secondary N) is 3. The molecule has 182 valence electrons. The number of aromatic amines is 1. The van der Waals surface area contributed by atoms with Crippen LogP contribution in [0.3, 0.4) is 0 Å². The van der Waals surface area contributed by atoms with Gasteiger partial charge < -0.3 is 24.8 Å². The predicted molar refractivity (Wildman–Crippen MR) is 136 cm³/mol. The standard InChI is InChI=1S/C26H30N6O3/c1-16(17-8-10-27-11-9-17)35-24-13-22-20(12-23(24)34-3)26(29-15-28-22)30-25-14-21(31-32-25)18-4-6-19(33-2)7-5-18/h4-7,12-17,27H,8-11H2,1-3H3,(H2,28,29,30,31,32). The second-order valence-electron chi connectivity index (χ2n) is 8.67. The number of H-pyrrole nitrogens is 1. The van der Waals surface area contributed by atoms with Crippen molar-refractivity contribution in [1.29, 1.82) is 0 Å². The molecule has 0 saturated carbocycles. The van der Waals surface area contributed by atoms with E-state index in [0.717, 1.165) is 53.8 Å². The van der Waals surface area contributed by atoms with Crippen molar-refractivity contribution >= 4 is 22.5 Å². The molecule has 4 aromatic rings. The first kappa shape index (κ1) is 22.9. The van der Waals surface area contributed by atoms with Gasteiger partial charge in [-0.2, -0.15) is 5.10 Å². The predicted octanol–water partition coefficient (Wildman–Crippen LogP) is 4.55. The van der Waals surface area contributed by atoms with Gasteiger partial charge >= 0.3 is 0 Å². The van der Waals surface area contributed by atoms with Gasteiger partial charge in [0.1, 0.15) is 17.9 Å². The van der Waals surface area contributed by atoms with Crippen molar-refractivity contribution in [1.82, 2.24) is 25.5 Å². The Kier molecular flexibility index (Phi) is 6.67. The molecule has 1 aliphatic heterocycles. The lowest BCUT2D eigenvalue weighted by Crippen LogP contribution is -2.35. The van der Waals surface area contributed by atoms with E-state index in [-0.39, 0.29) is 6.10 Å². The molecular weight excluding hydrogens is 444 g/mol. The van der Waals surface area contributed by atoms with E-state index in [2.05, 4.69) is 37.7 Å². The van der Waals surface area contributed by atoms with Gasteiger partial charge in [-0.25, -0.2) is 9.97 Å². The molecule has 9 heteroatoms. The molecule has 0 spiro atoms. The van der Waals surface area contributed by atoms with Gasteiger partial charge in [-0.15, -0.1) is 0 Å². The van der Waals surface area contributed by atoms with Gasteiger partial charge in [0, 0.05) is 17.5 Å². The molecule has 0 aliphatic carbocycles. The molecular formula is C26H30N6O3. The summed E-state index contributed by atoms with van der Waals surface area (Å²) in [5.41, 5.74) is 2.65. The third-order valence-corrected chi connectivity index (χ3v) is 6.51. The van der Waals surface area contributed by atoms with Crippen molar-refractivity contribution in [3.63, 3.8) is 0 Å². The third-order valence-electron chi connectivity index (χ3n) is 6.51. The molecule has 0 amide bonds. The lowest BCUT2D eigenvalue weighted by molar-refractivity contribution is 0.124.